The Balaban J connectivity index is 1.68. The molecule has 0 bridgehead atoms. The van der Waals surface area contributed by atoms with Crippen molar-refractivity contribution in [3.8, 4) is 0 Å². The van der Waals surface area contributed by atoms with Gasteiger partial charge in [0.1, 0.15) is 5.60 Å². The molecule has 2 atom stereocenters. The summed E-state index contributed by atoms with van der Waals surface area (Å²) < 4.78 is 5.34. The van der Waals surface area contributed by atoms with Crippen LogP contribution < -0.4 is 10.6 Å². The first kappa shape index (κ1) is 16.0. The van der Waals surface area contributed by atoms with Crippen molar-refractivity contribution in [1.29, 1.82) is 0 Å². The summed E-state index contributed by atoms with van der Waals surface area (Å²) in [6.07, 6.45) is 3.49. The third-order valence-electron chi connectivity index (χ3n) is 3.71. The Kier molecular flexibility index (Phi) is 5.61. The molecular formula is C15H28N2O2S. The van der Waals surface area contributed by atoms with Gasteiger partial charge >= 0.3 is 6.09 Å². The molecular weight excluding hydrogens is 272 g/mol. The van der Waals surface area contributed by atoms with Gasteiger partial charge in [0.05, 0.1) is 0 Å². The van der Waals surface area contributed by atoms with Gasteiger partial charge < -0.3 is 15.4 Å². The highest BCUT2D eigenvalue weighted by molar-refractivity contribution is 7.99. The summed E-state index contributed by atoms with van der Waals surface area (Å²) in [5.74, 6) is 4.02. The van der Waals surface area contributed by atoms with Gasteiger partial charge in [0.15, 0.2) is 0 Å². The zero-order valence-corrected chi connectivity index (χ0v) is 13.7. The molecule has 116 valence electrons. The van der Waals surface area contributed by atoms with Crippen LogP contribution in [-0.4, -0.2) is 42.3 Å². The molecule has 0 aromatic rings. The Morgan fingerprint density at radius 1 is 1.35 bits per heavy atom. The van der Waals surface area contributed by atoms with Crippen molar-refractivity contribution in [3.63, 3.8) is 0 Å². The monoisotopic (exact) mass is 300 g/mol. The number of amides is 1. The number of carbonyl (C=O) groups excluding carboxylic acids is 1. The average Bonchev–Trinajstić information content (AvgIpc) is 3.04. The van der Waals surface area contributed by atoms with E-state index in [1.807, 2.05) is 32.5 Å². The van der Waals surface area contributed by atoms with E-state index in [-0.39, 0.29) is 12.1 Å². The number of alkyl carbamates (subject to hydrolysis) is 1. The highest BCUT2D eigenvalue weighted by Crippen LogP contribution is 2.32. The lowest BCUT2D eigenvalue weighted by molar-refractivity contribution is 0.0497. The fourth-order valence-electron chi connectivity index (χ4n) is 2.48. The number of hydrogen-bond acceptors (Lipinski definition) is 4. The van der Waals surface area contributed by atoms with Crippen molar-refractivity contribution in [3.05, 3.63) is 0 Å². The predicted molar refractivity (Wildman–Crippen MR) is 84.2 cm³/mol. The smallest absolute Gasteiger partial charge is 0.407 e. The maximum Gasteiger partial charge on any atom is 0.407 e. The molecule has 20 heavy (non-hydrogen) atoms. The minimum atomic E-state index is -0.424. The summed E-state index contributed by atoms with van der Waals surface area (Å²) in [5, 5.41) is 6.57. The summed E-state index contributed by atoms with van der Waals surface area (Å²) in [5.41, 5.74) is -0.424. The van der Waals surface area contributed by atoms with Crippen molar-refractivity contribution in [2.75, 3.05) is 24.6 Å². The van der Waals surface area contributed by atoms with Gasteiger partial charge in [-0.05, 0) is 69.9 Å². The Morgan fingerprint density at radius 2 is 2.10 bits per heavy atom. The molecule has 0 aromatic carbocycles. The number of ether oxygens (including phenoxy) is 1. The van der Waals surface area contributed by atoms with E-state index in [9.17, 15) is 4.79 Å². The number of nitrogens with one attached hydrogen (secondary N) is 2. The molecule has 1 heterocycles. The molecule has 1 saturated heterocycles. The van der Waals surface area contributed by atoms with Crippen LogP contribution in [0.25, 0.3) is 0 Å². The second-order valence-electron chi connectivity index (χ2n) is 6.98. The molecule has 2 aliphatic rings. The topological polar surface area (TPSA) is 50.4 Å². The minimum absolute atomic E-state index is 0.221. The number of rotatable bonds is 6. The van der Waals surface area contributed by atoms with Gasteiger partial charge in [-0.15, -0.1) is 0 Å². The Labute approximate surface area is 126 Å². The standard InChI is InChI=1S/C15H28N2O2S/c1-15(2,3)19-14(18)17-13(12-4-5-12)9-16-8-11-6-7-20-10-11/h11-13,16H,4-10H2,1-3H3,(H,17,18). The number of thioether (sulfide) groups is 1. The van der Waals surface area contributed by atoms with Crippen molar-refractivity contribution >= 4 is 17.9 Å². The zero-order valence-electron chi connectivity index (χ0n) is 12.9. The fourth-order valence-corrected chi connectivity index (χ4v) is 3.76. The molecule has 2 unspecified atom stereocenters. The van der Waals surface area contributed by atoms with E-state index < -0.39 is 5.60 Å². The SMILES string of the molecule is CC(C)(C)OC(=O)NC(CNCC1CCSC1)C1CC1. The van der Waals surface area contributed by atoms with E-state index in [2.05, 4.69) is 10.6 Å². The molecule has 4 nitrogen and oxygen atoms in total. The lowest BCUT2D eigenvalue weighted by atomic mass is 10.1. The Bertz CT molecular complexity index is 320. The molecule has 2 fully saturated rings. The molecule has 5 heteroatoms. The van der Waals surface area contributed by atoms with Gasteiger partial charge in [0.25, 0.3) is 0 Å². The minimum Gasteiger partial charge on any atom is -0.444 e. The van der Waals surface area contributed by atoms with Gasteiger partial charge in [0, 0.05) is 12.6 Å². The normalized spacial score (nSPS) is 24.4. The van der Waals surface area contributed by atoms with Crippen molar-refractivity contribution in [2.45, 2.75) is 51.7 Å². The lowest BCUT2D eigenvalue weighted by Crippen LogP contribution is -2.46. The third-order valence-corrected chi connectivity index (χ3v) is 4.95. The first-order valence-electron chi connectivity index (χ1n) is 7.72. The second kappa shape index (κ2) is 7.03. The van der Waals surface area contributed by atoms with Gasteiger partial charge in [-0.25, -0.2) is 4.79 Å². The quantitative estimate of drug-likeness (QED) is 0.792. The van der Waals surface area contributed by atoms with E-state index in [0.717, 1.165) is 19.0 Å². The molecule has 1 saturated carbocycles. The summed E-state index contributed by atoms with van der Waals surface area (Å²) >= 11 is 2.05. The predicted octanol–water partition coefficient (Wildman–Crippen LogP) is 2.63. The molecule has 0 spiro atoms. The average molecular weight is 300 g/mol. The molecule has 2 rings (SSSR count). The third kappa shape index (κ3) is 5.92. The van der Waals surface area contributed by atoms with Gasteiger partial charge in [0.2, 0.25) is 0 Å². The molecule has 2 N–H and O–H groups in total. The van der Waals surface area contributed by atoms with E-state index in [4.69, 9.17) is 4.74 Å². The van der Waals surface area contributed by atoms with Crippen LogP contribution in [0.2, 0.25) is 0 Å². The summed E-state index contributed by atoms with van der Waals surface area (Å²) in [7, 11) is 0. The van der Waals surface area contributed by atoms with Crippen LogP contribution in [0.5, 0.6) is 0 Å². The Hall–Kier alpha value is -0.420. The number of hydrogen-bond donors (Lipinski definition) is 2. The molecule has 0 radical (unpaired) electrons. The van der Waals surface area contributed by atoms with Crippen LogP contribution in [0.3, 0.4) is 0 Å². The summed E-state index contributed by atoms with van der Waals surface area (Å²) in [6, 6.07) is 0.221. The lowest BCUT2D eigenvalue weighted by Gasteiger charge is -2.24. The van der Waals surface area contributed by atoms with E-state index >= 15 is 0 Å². The van der Waals surface area contributed by atoms with E-state index in [1.54, 1.807) is 0 Å². The fraction of sp³-hybridized carbons (Fsp3) is 0.933. The second-order valence-corrected chi connectivity index (χ2v) is 8.13. The van der Waals surface area contributed by atoms with Crippen molar-refractivity contribution in [1.82, 2.24) is 10.6 Å². The molecule has 1 aliphatic carbocycles. The van der Waals surface area contributed by atoms with Crippen molar-refractivity contribution in [2.24, 2.45) is 11.8 Å². The first-order valence-corrected chi connectivity index (χ1v) is 8.87. The maximum absolute atomic E-state index is 11.9. The van der Waals surface area contributed by atoms with Crippen LogP contribution in [0.15, 0.2) is 0 Å². The van der Waals surface area contributed by atoms with Crippen molar-refractivity contribution < 1.29 is 9.53 Å². The summed E-state index contributed by atoms with van der Waals surface area (Å²) in [6.45, 7) is 7.63. The maximum atomic E-state index is 11.9. The molecule has 1 aliphatic heterocycles. The van der Waals surface area contributed by atoms with E-state index in [1.165, 1.54) is 30.8 Å². The largest absolute Gasteiger partial charge is 0.444 e. The van der Waals surface area contributed by atoms with Gasteiger partial charge in [-0.2, -0.15) is 11.8 Å². The van der Waals surface area contributed by atoms with Gasteiger partial charge in [-0.1, -0.05) is 0 Å². The summed E-state index contributed by atoms with van der Waals surface area (Å²) in [4.78, 5) is 11.9. The highest BCUT2D eigenvalue weighted by atomic mass is 32.2. The van der Waals surface area contributed by atoms with Crippen LogP contribution in [0.4, 0.5) is 4.79 Å². The van der Waals surface area contributed by atoms with Crippen LogP contribution in [0, 0.1) is 11.8 Å². The number of carbonyl (C=O) groups is 1. The zero-order chi connectivity index (χ0) is 14.6. The van der Waals surface area contributed by atoms with Crippen LogP contribution >= 0.6 is 11.8 Å². The highest BCUT2D eigenvalue weighted by Gasteiger charge is 2.33. The molecule has 1 amide bonds. The van der Waals surface area contributed by atoms with Crippen LogP contribution in [-0.2, 0) is 4.74 Å². The van der Waals surface area contributed by atoms with E-state index in [0.29, 0.717) is 5.92 Å². The van der Waals surface area contributed by atoms with Gasteiger partial charge in [-0.3, -0.25) is 0 Å². The molecule has 0 aromatic heterocycles. The first-order chi connectivity index (χ1) is 9.44. The van der Waals surface area contributed by atoms with Crippen LogP contribution in [0.1, 0.15) is 40.0 Å². The Morgan fingerprint density at radius 3 is 2.65 bits per heavy atom.